The molecule has 7 heteroatoms. The highest BCUT2D eigenvalue weighted by atomic mass is 16.6. The van der Waals surface area contributed by atoms with Crippen LogP contribution in [0.1, 0.15) is 24.2 Å². The van der Waals surface area contributed by atoms with Crippen molar-refractivity contribution in [3.8, 4) is 0 Å². The highest BCUT2D eigenvalue weighted by molar-refractivity contribution is 5.93. The maximum atomic E-state index is 10.8. The third-order valence-electron chi connectivity index (χ3n) is 2.62. The second kappa shape index (κ2) is 5.66. The van der Waals surface area contributed by atoms with E-state index in [1.807, 2.05) is 13.8 Å². The Labute approximate surface area is 110 Å². The number of anilines is 1. The quantitative estimate of drug-likeness (QED) is 0.535. The van der Waals surface area contributed by atoms with Gasteiger partial charge in [-0.1, -0.05) is 13.8 Å². The van der Waals surface area contributed by atoms with E-state index in [-0.39, 0.29) is 17.6 Å². The molecule has 0 spiro atoms. The number of carboxylic acids is 1. The van der Waals surface area contributed by atoms with Crippen molar-refractivity contribution in [1.82, 2.24) is 0 Å². The second-order valence-corrected chi connectivity index (χ2v) is 4.97. The van der Waals surface area contributed by atoms with Crippen molar-refractivity contribution in [3.05, 3.63) is 33.9 Å². The number of nitro groups is 1. The minimum atomic E-state index is -1.34. The van der Waals surface area contributed by atoms with Crippen molar-refractivity contribution >= 4 is 17.3 Å². The number of nitrogens with one attached hydrogen (secondary N) is 1. The summed E-state index contributed by atoms with van der Waals surface area (Å²) in [5.74, 6) is -1.34. The van der Waals surface area contributed by atoms with Crippen molar-refractivity contribution in [2.24, 2.45) is 5.41 Å². The lowest BCUT2D eigenvalue weighted by atomic mass is 9.95. The number of aliphatic hydroxyl groups excluding tert-OH is 1. The molecule has 0 aliphatic heterocycles. The first-order valence-electron chi connectivity index (χ1n) is 5.63. The van der Waals surface area contributed by atoms with Gasteiger partial charge in [-0.15, -0.1) is 0 Å². The average molecular weight is 268 g/mol. The van der Waals surface area contributed by atoms with Gasteiger partial charge in [-0.2, -0.15) is 0 Å². The number of rotatable bonds is 6. The van der Waals surface area contributed by atoms with Crippen LogP contribution in [0.25, 0.3) is 0 Å². The predicted octanol–water partition coefficient (Wildman–Crippen LogP) is 1.72. The van der Waals surface area contributed by atoms with Crippen molar-refractivity contribution in [3.63, 3.8) is 0 Å². The van der Waals surface area contributed by atoms with Crippen LogP contribution in [0, 0.1) is 15.5 Å². The van der Waals surface area contributed by atoms with Gasteiger partial charge >= 0.3 is 5.97 Å². The molecule has 7 nitrogen and oxygen atoms in total. The van der Waals surface area contributed by atoms with Gasteiger partial charge in [0.05, 0.1) is 4.92 Å². The molecule has 0 aliphatic carbocycles. The molecular weight excluding hydrogens is 252 g/mol. The fourth-order valence-electron chi connectivity index (χ4n) is 1.37. The van der Waals surface area contributed by atoms with Gasteiger partial charge in [0.15, 0.2) is 0 Å². The Morgan fingerprint density at radius 2 is 2.11 bits per heavy atom. The van der Waals surface area contributed by atoms with Gasteiger partial charge in [-0.3, -0.25) is 10.1 Å². The minimum Gasteiger partial charge on any atom is -0.477 e. The molecule has 0 amide bonds. The van der Waals surface area contributed by atoms with Crippen molar-refractivity contribution < 1.29 is 19.9 Å². The van der Waals surface area contributed by atoms with Crippen LogP contribution in [0.5, 0.6) is 0 Å². The summed E-state index contributed by atoms with van der Waals surface area (Å²) in [6, 6.07) is 3.83. The number of nitro benzene ring substituents is 1. The zero-order chi connectivity index (χ0) is 14.6. The normalized spacial score (nSPS) is 11.1. The predicted molar refractivity (Wildman–Crippen MR) is 69.4 cm³/mol. The number of hydrogen-bond acceptors (Lipinski definition) is 5. The van der Waals surface area contributed by atoms with Crippen LogP contribution in [-0.2, 0) is 0 Å². The fourth-order valence-corrected chi connectivity index (χ4v) is 1.37. The van der Waals surface area contributed by atoms with Crippen LogP contribution in [-0.4, -0.2) is 34.3 Å². The number of benzene rings is 1. The third-order valence-corrected chi connectivity index (χ3v) is 2.62. The van der Waals surface area contributed by atoms with E-state index >= 15 is 0 Å². The molecule has 104 valence electrons. The topological polar surface area (TPSA) is 113 Å². The molecule has 0 bridgehead atoms. The van der Waals surface area contributed by atoms with Gasteiger partial charge in [0.25, 0.3) is 5.69 Å². The Kier molecular flexibility index (Phi) is 4.44. The summed E-state index contributed by atoms with van der Waals surface area (Å²) in [6.07, 6.45) is 0. The Balaban J connectivity index is 2.97. The molecule has 0 saturated heterocycles. The van der Waals surface area contributed by atoms with Gasteiger partial charge in [0.1, 0.15) is 5.56 Å². The summed E-state index contributed by atoms with van der Waals surface area (Å²) in [5, 5.41) is 31.7. The van der Waals surface area contributed by atoms with Crippen molar-refractivity contribution in [2.75, 3.05) is 18.5 Å². The Morgan fingerprint density at radius 1 is 1.47 bits per heavy atom. The molecular formula is C12H16N2O5. The first-order valence-corrected chi connectivity index (χ1v) is 5.63. The zero-order valence-corrected chi connectivity index (χ0v) is 10.7. The van der Waals surface area contributed by atoms with Gasteiger partial charge < -0.3 is 15.5 Å². The lowest BCUT2D eigenvalue weighted by Crippen LogP contribution is -2.26. The van der Waals surface area contributed by atoms with E-state index in [9.17, 15) is 14.9 Å². The van der Waals surface area contributed by atoms with Gasteiger partial charge in [-0.25, -0.2) is 4.79 Å². The molecule has 0 aromatic heterocycles. The molecule has 0 atom stereocenters. The summed E-state index contributed by atoms with van der Waals surface area (Å²) in [6.45, 7) is 4.04. The van der Waals surface area contributed by atoms with Crippen LogP contribution in [0.2, 0.25) is 0 Å². The maximum Gasteiger partial charge on any atom is 0.342 e. The molecule has 0 saturated carbocycles. The van der Waals surface area contributed by atoms with E-state index < -0.39 is 16.6 Å². The van der Waals surface area contributed by atoms with E-state index in [1.54, 1.807) is 0 Å². The maximum absolute atomic E-state index is 10.8. The zero-order valence-electron chi connectivity index (χ0n) is 10.7. The monoisotopic (exact) mass is 268 g/mol. The second-order valence-electron chi connectivity index (χ2n) is 4.97. The lowest BCUT2D eigenvalue weighted by Gasteiger charge is -2.22. The average Bonchev–Trinajstić information content (AvgIpc) is 2.36. The lowest BCUT2D eigenvalue weighted by molar-refractivity contribution is -0.385. The molecule has 1 rings (SSSR count). The summed E-state index contributed by atoms with van der Waals surface area (Å²) in [5.41, 5.74) is -0.741. The molecule has 3 N–H and O–H groups in total. The number of hydrogen-bond donors (Lipinski definition) is 3. The van der Waals surface area contributed by atoms with Gasteiger partial charge in [0, 0.05) is 30.3 Å². The first-order chi connectivity index (χ1) is 8.76. The van der Waals surface area contributed by atoms with E-state index in [4.69, 9.17) is 10.2 Å². The molecule has 0 aliphatic rings. The van der Waals surface area contributed by atoms with Crippen LogP contribution < -0.4 is 5.32 Å². The van der Waals surface area contributed by atoms with E-state index in [0.717, 1.165) is 0 Å². The van der Waals surface area contributed by atoms with Gasteiger partial charge in [0.2, 0.25) is 0 Å². The number of aliphatic hydroxyl groups is 1. The van der Waals surface area contributed by atoms with Crippen LogP contribution in [0.4, 0.5) is 11.4 Å². The molecule has 0 unspecified atom stereocenters. The molecule has 0 heterocycles. The third kappa shape index (κ3) is 3.92. The number of aromatic carboxylic acids is 1. The number of nitrogens with zero attached hydrogens (tertiary/aromatic N) is 1. The Morgan fingerprint density at radius 3 is 2.58 bits per heavy atom. The largest absolute Gasteiger partial charge is 0.477 e. The summed E-state index contributed by atoms with van der Waals surface area (Å²) < 4.78 is 0. The number of carbonyl (C=O) groups is 1. The first kappa shape index (κ1) is 14.9. The van der Waals surface area contributed by atoms with Crippen LogP contribution >= 0.6 is 0 Å². The smallest absolute Gasteiger partial charge is 0.342 e. The van der Waals surface area contributed by atoms with Crippen molar-refractivity contribution in [1.29, 1.82) is 0 Å². The standard InChI is InChI=1S/C12H16N2O5/c1-12(2,7-15)6-13-8-3-4-9(11(16)17)10(5-8)14(18)19/h3-5,13,15H,6-7H2,1-2H3,(H,16,17). The summed E-state index contributed by atoms with van der Waals surface area (Å²) >= 11 is 0. The molecule has 0 radical (unpaired) electrons. The molecule has 0 fully saturated rings. The number of carboxylic acid groups (broad SMARTS) is 1. The molecule has 19 heavy (non-hydrogen) atoms. The molecule has 1 aromatic rings. The SMILES string of the molecule is CC(C)(CO)CNc1ccc(C(=O)O)c([N+](=O)[O-])c1. The van der Waals surface area contributed by atoms with E-state index in [2.05, 4.69) is 5.32 Å². The molecule has 1 aromatic carbocycles. The Hall–Kier alpha value is -2.15. The van der Waals surface area contributed by atoms with Crippen LogP contribution in [0.15, 0.2) is 18.2 Å². The van der Waals surface area contributed by atoms with Crippen molar-refractivity contribution in [2.45, 2.75) is 13.8 Å². The minimum absolute atomic E-state index is 0.0324. The Bertz CT molecular complexity index is 499. The highest BCUT2D eigenvalue weighted by Gasteiger charge is 2.21. The van der Waals surface area contributed by atoms with E-state index in [0.29, 0.717) is 12.2 Å². The van der Waals surface area contributed by atoms with Crippen LogP contribution in [0.3, 0.4) is 0 Å². The van der Waals surface area contributed by atoms with E-state index in [1.165, 1.54) is 18.2 Å². The summed E-state index contributed by atoms with van der Waals surface area (Å²) in [4.78, 5) is 20.9. The summed E-state index contributed by atoms with van der Waals surface area (Å²) in [7, 11) is 0. The fraction of sp³-hybridized carbons (Fsp3) is 0.417. The van der Waals surface area contributed by atoms with Gasteiger partial charge in [-0.05, 0) is 12.1 Å². The highest BCUT2D eigenvalue weighted by Crippen LogP contribution is 2.24.